The van der Waals surface area contributed by atoms with Crippen molar-refractivity contribution in [3.8, 4) is 0 Å². The van der Waals surface area contributed by atoms with Crippen molar-refractivity contribution in [1.82, 2.24) is 9.88 Å². The maximum absolute atomic E-state index is 12.9. The highest BCUT2D eigenvalue weighted by atomic mass is 35.5. The van der Waals surface area contributed by atoms with Crippen molar-refractivity contribution >= 4 is 23.3 Å². The van der Waals surface area contributed by atoms with Crippen LogP contribution in [0.2, 0.25) is 5.15 Å². The Labute approximate surface area is 147 Å². The van der Waals surface area contributed by atoms with Gasteiger partial charge in [0.25, 0.3) is 5.91 Å². The first-order chi connectivity index (χ1) is 11.3. The van der Waals surface area contributed by atoms with E-state index in [9.17, 15) is 9.90 Å². The summed E-state index contributed by atoms with van der Waals surface area (Å²) in [6, 6.07) is 12.8. The second-order valence-electron chi connectivity index (χ2n) is 6.27. The zero-order valence-electron chi connectivity index (χ0n) is 14.1. The smallest absolute Gasteiger partial charge is 0.254 e. The number of aliphatic hydroxyl groups is 1. The van der Waals surface area contributed by atoms with Crippen LogP contribution in [0.3, 0.4) is 0 Å². The van der Waals surface area contributed by atoms with Gasteiger partial charge < -0.3 is 15.3 Å². The number of carbonyl (C=O) groups is 1. The molecule has 1 amide bonds. The van der Waals surface area contributed by atoms with Gasteiger partial charge in [-0.15, -0.1) is 0 Å². The third-order valence-corrected chi connectivity index (χ3v) is 3.57. The molecule has 128 valence electrons. The molecule has 0 saturated carbocycles. The molecule has 6 heteroatoms. The minimum Gasteiger partial charge on any atom is -0.389 e. The first kappa shape index (κ1) is 18.2. The highest BCUT2D eigenvalue weighted by Crippen LogP contribution is 2.19. The molecule has 2 aromatic rings. The van der Waals surface area contributed by atoms with Crippen LogP contribution in [-0.2, 0) is 6.54 Å². The molecule has 2 rings (SSSR count). The van der Waals surface area contributed by atoms with Crippen molar-refractivity contribution in [2.75, 3.05) is 18.9 Å². The molecule has 0 fully saturated rings. The molecule has 0 radical (unpaired) electrons. The Morgan fingerprint density at radius 2 is 1.96 bits per heavy atom. The van der Waals surface area contributed by atoms with Gasteiger partial charge >= 0.3 is 0 Å². The molecule has 0 spiro atoms. The summed E-state index contributed by atoms with van der Waals surface area (Å²) in [5.74, 6) is 0.315. The lowest BCUT2D eigenvalue weighted by molar-refractivity contribution is 0.0280. The van der Waals surface area contributed by atoms with E-state index in [0.29, 0.717) is 17.9 Å². The van der Waals surface area contributed by atoms with Crippen molar-refractivity contribution in [3.63, 3.8) is 0 Å². The Morgan fingerprint density at radius 3 is 2.54 bits per heavy atom. The van der Waals surface area contributed by atoms with Crippen LogP contribution in [0.15, 0.2) is 42.5 Å². The van der Waals surface area contributed by atoms with Crippen LogP contribution in [-0.4, -0.2) is 40.1 Å². The number of pyridine rings is 1. The third kappa shape index (κ3) is 5.22. The molecule has 0 aliphatic carbocycles. The average Bonchev–Trinajstić information content (AvgIpc) is 2.52. The summed E-state index contributed by atoms with van der Waals surface area (Å²) < 4.78 is 0. The molecule has 24 heavy (non-hydrogen) atoms. The van der Waals surface area contributed by atoms with Gasteiger partial charge in [-0.05, 0) is 31.5 Å². The molecular formula is C18H22ClN3O2. The predicted molar refractivity (Wildman–Crippen MR) is 96.3 cm³/mol. The summed E-state index contributed by atoms with van der Waals surface area (Å²) >= 11 is 6.00. The van der Waals surface area contributed by atoms with E-state index < -0.39 is 5.60 Å². The Hall–Kier alpha value is -2.11. The van der Waals surface area contributed by atoms with Crippen LogP contribution >= 0.6 is 11.6 Å². The molecule has 1 heterocycles. The van der Waals surface area contributed by atoms with Gasteiger partial charge in [0.1, 0.15) is 11.0 Å². The van der Waals surface area contributed by atoms with Gasteiger partial charge in [-0.1, -0.05) is 41.9 Å². The predicted octanol–water partition coefficient (Wildman–Crippen LogP) is 3.19. The Kier molecular flexibility index (Phi) is 5.80. The first-order valence-corrected chi connectivity index (χ1v) is 8.07. The lowest BCUT2D eigenvalue weighted by atomic mass is 10.1. The standard InChI is InChI=1S/C18H22ClN3O2/c1-18(2,24)12-22(11-13-7-5-4-6-8-13)17(23)14-9-15(19)21-16(10-14)20-3/h4-10,24H,11-12H2,1-3H3,(H,20,21). The van der Waals surface area contributed by atoms with Gasteiger partial charge in [-0.2, -0.15) is 0 Å². The van der Waals surface area contributed by atoms with Gasteiger partial charge in [0.2, 0.25) is 0 Å². The van der Waals surface area contributed by atoms with E-state index in [-0.39, 0.29) is 17.6 Å². The summed E-state index contributed by atoms with van der Waals surface area (Å²) in [5, 5.41) is 13.3. The van der Waals surface area contributed by atoms with E-state index in [1.54, 1.807) is 31.9 Å². The number of nitrogens with one attached hydrogen (secondary N) is 1. The molecule has 0 atom stereocenters. The highest BCUT2D eigenvalue weighted by Gasteiger charge is 2.24. The van der Waals surface area contributed by atoms with Crippen LogP contribution < -0.4 is 5.32 Å². The molecule has 0 aliphatic rings. The minimum absolute atomic E-state index is 0.204. The fourth-order valence-electron chi connectivity index (χ4n) is 2.40. The molecule has 0 aliphatic heterocycles. The summed E-state index contributed by atoms with van der Waals surface area (Å²) in [6.07, 6.45) is 0. The fraction of sp³-hybridized carbons (Fsp3) is 0.333. The van der Waals surface area contributed by atoms with Crippen LogP contribution in [0.4, 0.5) is 5.82 Å². The quantitative estimate of drug-likeness (QED) is 0.788. The van der Waals surface area contributed by atoms with Crippen LogP contribution in [0.5, 0.6) is 0 Å². The normalized spacial score (nSPS) is 11.2. The molecule has 2 N–H and O–H groups in total. The van der Waals surface area contributed by atoms with Crippen LogP contribution in [0, 0.1) is 0 Å². The monoisotopic (exact) mass is 347 g/mol. The summed E-state index contributed by atoms with van der Waals surface area (Å²) in [5.41, 5.74) is 0.413. The van der Waals surface area contributed by atoms with E-state index in [0.717, 1.165) is 5.56 Å². The second kappa shape index (κ2) is 7.64. The minimum atomic E-state index is -1.01. The number of hydrogen-bond donors (Lipinski definition) is 2. The molecule has 1 aromatic heterocycles. The number of carbonyl (C=O) groups excluding carboxylic acids is 1. The number of amides is 1. The van der Waals surface area contributed by atoms with E-state index in [4.69, 9.17) is 11.6 Å². The number of hydrogen-bond acceptors (Lipinski definition) is 4. The van der Waals surface area contributed by atoms with Crippen molar-refractivity contribution < 1.29 is 9.90 Å². The topological polar surface area (TPSA) is 65.5 Å². The Morgan fingerprint density at radius 1 is 1.29 bits per heavy atom. The van der Waals surface area contributed by atoms with Gasteiger partial charge in [-0.25, -0.2) is 4.98 Å². The number of nitrogens with zero attached hydrogens (tertiary/aromatic N) is 2. The molecule has 0 bridgehead atoms. The first-order valence-electron chi connectivity index (χ1n) is 7.69. The van der Waals surface area contributed by atoms with Gasteiger partial charge in [0.05, 0.1) is 5.60 Å². The largest absolute Gasteiger partial charge is 0.389 e. The summed E-state index contributed by atoms with van der Waals surface area (Å²) in [4.78, 5) is 18.6. The van der Waals surface area contributed by atoms with Gasteiger partial charge in [0, 0.05) is 25.7 Å². The van der Waals surface area contributed by atoms with E-state index >= 15 is 0 Å². The van der Waals surface area contributed by atoms with Gasteiger partial charge in [0.15, 0.2) is 0 Å². The lowest BCUT2D eigenvalue weighted by Gasteiger charge is -2.29. The zero-order chi connectivity index (χ0) is 17.7. The maximum Gasteiger partial charge on any atom is 0.254 e. The van der Waals surface area contributed by atoms with Crippen LogP contribution in [0.25, 0.3) is 0 Å². The number of halogens is 1. The van der Waals surface area contributed by atoms with E-state index in [1.165, 1.54) is 6.07 Å². The van der Waals surface area contributed by atoms with Crippen LogP contribution in [0.1, 0.15) is 29.8 Å². The number of benzene rings is 1. The maximum atomic E-state index is 12.9. The molecular weight excluding hydrogens is 326 g/mol. The lowest BCUT2D eigenvalue weighted by Crippen LogP contribution is -2.41. The van der Waals surface area contributed by atoms with E-state index in [1.807, 2.05) is 30.3 Å². The second-order valence-corrected chi connectivity index (χ2v) is 6.66. The Bertz CT molecular complexity index is 699. The Balaban J connectivity index is 2.31. The number of rotatable bonds is 6. The van der Waals surface area contributed by atoms with Crippen molar-refractivity contribution in [1.29, 1.82) is 0 Å². The van der Waals surface area contributed by atoms with Crippen molar-refractivity contribution in [3.05, 3.63) is 58.7 Å². The SMILES string of the molecule is CNc1cc(C(=O)N(Cc2ccccc2)CC(C)(C)O)cc(Cl)n1. The van der Waals surface area contributed by atoms with E-state index in [2.05, 4.69) is 10.3 Å². The molecule has 1 aromatic carbocycles. The molecule has 0 saturated heterocycles. The van der Waals surface area contributed by atoms with Crippen molar-refractivity contribution in [2.24, 2.45) is 0 Å². The highest BCUT2D eigenvalue weighted by molar-refractivity contribution is 6.29. The van der Waals surface area contributed by atoms with Crippen molar-refractivity contribution in [2.45, 2.75) is 26.0 Å². The number of aromatic nitrogens is 1. The summed E-state index contributed by atoms with van der Waals surface area (Å²) in [7, 11) is 1.71. The number of anilines is 1. The fourth-order valence-corrected chi connectivity index (χ4v) is 2.61. The van der Waals surface area contributed by atoms with Gasteiger partial charge in [-0.3, -0.25) is 4.79 Å². The zero-order valence-corrected chi connectivity index (χ0v) is 14.8. The third-order valence-electron chi connectivity index (χ3n) is 3.38. The molecule has 5 nitrogen and oxygen atoms in total. The average molecular weight is 348 g/mol. The summed E-state index contributed by atoms with van der Waals surface area (Å²) in [6.45, 7) is 3.96. The molecule has 0 unspecified atom stereocenters.